The molecule has 4 aromatic rings. The molecule has 0 radical (unpaired) electrons. The number of amides is 1. The van der Waals surface area contributed by atoms with Crippen LogP contribution in [0.3, 0.4) is 0 Å². The molecule has 0 aliphatic carbocycles. The normalized spacial score (nSPS) is 10.7. The average Bonchev–Trinajstić information content (AvgIpc) is 2.83. The standard InChI is InChI=1S/C30H30N2O4/c1-18-7-5-9-22(11-18)30(35)32-27-14-21(4)25(16-29(27)34)24-15-28(33)26(13-20(24)3)31-17-36-23-10-6-8-19(2)12-23/h5-16,31,33-34H,17H2,1-4H3,(H,32,35). The maximum absolute atomic E-state index is 12.6. The van der Waals surface area contributed by atoms with Crippen molar-refractivity contribution in [2.75, 3.05) is 17.4 Å². The zero-order valence-corrected chi connectivity index (χ0v) is 20.8. The van der Waals surface area contributed by atoms with E-state index in [4.69, 9.17) is 4.74 Å². The molecule has 0 bridgehead atoms. The average molecular weight is 483 g/mol. The van der Waals surface area contributed by atoms with Gasteiger partial charge in [0.05, 0.1) is 11.4 Å². The Morgan fingerprint density at radius 1 is 0.750 bits per heavy atom. The van der Waals surface area contributed by atoms with Crippen LogP contribution in [0.15, 0.2) is 72.8 Å². The van der Waals surface area contributed by atoms with E-state index in [2.05, 4.69) is 10.6 Å². The molecule has 36 heavy (non-hydrogen) atoms. The van der Waals surface area contributed by atoms with Crippen LogP contribution in [-0.2, 0) is 0 Å². The summed E-state index contributed by atoms with van der Waals surface area (Å²) in [6.07, 6.45) is 0. The number of carbonyl (C=O) groups is 1. The summed E-state index contributed by atoms with van der Waals surface area (Å²) >= 11 is 0. The van der Waals surface area contributed by atoms with Crippen molar-refractivity contribution >= 4 is 17.3 Å². The molecule has 0 aliphatic heterocycles. The van der Waals surface area contributed by atoms with Gasteiger partial charge in [-0.3, -0.25) is 4.79 Å². The fraction of sp³-hybridized carbons (Fsp3) is 0.167. The Morgan fingerprint density at radius 2 is 1.33 bits per heavy atom. The fourth-order valence-electron chi connectivity index (χ4n) is 4.10. The second-order valence-electron chi connectivity index (χ2n) is 8.97. The summed E-state index contributed by atoms with van der Waals surface area (Å²) in [5.74, 6) is 0.470. The number of ether oxygens (including phenoxy) is 1. The molecule has 0 unspecified atom stereocenters. The molecular weight excluding hydrogens is 452 g/mol. The Balaban J connectivity index is 1.51. The summed E-state index contributed by atoms with van der Waals surface area (Å²) < 4.78 is 5.73. The van der Waals surface area contributed by atoms with Crippen LogP contribution < -0.4 is 15.4 Å². The van der Waals surface area contributed by atoms with Crippen molar-refractivity contribution in [1.82, 2.24) is 0 Å². The van der Waals surface area contributed by atoms with Gasteiger partial charge in [-0.15, -0.1) is 0 Å². The van der Waals surface area contributed by atoms with Crippen molar-refractivity contribution in [3.63, 3.8) is 0 Å². The Morgan fingerprint density at radius 3 is 1.97 bits per heavy atom. The highest BCUT2D eigenvalue weighted by atomic mass is 16.5. The quantitative estimate of drug-likeness (QED) is 0.174. The molecule has 1 amide bonds. The van der Waals surface area contributed by atoms with Gasteiger partial charge < -0.3 is 25.6 Å². The molecule has 0 aliphatic rings. The van der Waals surface area contributed by atoms with Crippen LogP contribution in [-0.4, -0.2) is 22.9 Å². The largest absolute Gasteiger partial charge is 0.506 e. The smallest absolute Gasteiger partial charge is 0.255 e. The van der Waals surface area contributed by atoms with Gasteiger partial charge in [-0.05, 0) is 104 Å². The lowest BCUT2D eigenvalue weighted by Gasteiger charge is -2.17. The van der Waals surface area contributed by atoms with E-state index in [-0.39, 0.29) is 24.1 Å². The first-order chi connectivity index (χ1) is 17.2. The van der Waals surface area contributed by atoms with E-state index in [1.807, 2.05) is 70.2 Å². The van der Waals surface area contributed by atoms with Crippen LogP contribution in [0.2, 0.25) is 0 Å². The second kappa shape index (κ2) is 10.4. The molecule has 0 aromatic heterocycles. The van der Waals surface area contributed by atoms with Gasteiger partial charge in [-0.1, -0.05) is 29.8 Å². The number of aromatic hydroxyl groups is 2. The molecular formula is C30H30N2O4. The molecule has 0 heterocycles. The number of rotatable bonds is 7. The van der Waals surface area contributed by atoms with Gasteiger partial charge in [0, 0.05) is 5.56 Å². The van der Waals surface area contributed by atoms with Crippen molar-refractivity contribution < 1.29 is 19.7 Å². The first-order valence-corrected chi connectivity index (χ1v) is 11.7. The SMILES string of the molecule is Cc1cccc(OCNc2cc(C)c(-c3cc(O)c(NC(=O)c4cccc(C)c4)cc3C)cc2O)c1. The van der Waals surface area contributed by atoms with Gasteiger partial charge in [0.2, 0.25) is 0 Å². The minimum Gasteiger partial charge on any atom is -0.506 e. The van der Waals surface area contributed by atoms with Crippen molar-refractivity contribution in [2.45, 2.75) is 27.7 Å². The van der Waals surface area contributed by atoms with Crippen molar-refractivity contribution in [2.24, 2.45) is 0 Å². The zero-order chi connectivity index (χ0) is 25.8. The van der Waals surface area contributed by atoms with Crippen molar-refractivity contribution in [1.29, 1.82) is 0 Å². The summed E-state index contributed by atoms with van der Waals surface area (Å²) in [6.45, 7) is 7.95. The lowest BCUT2D eigenvalue weighted by molar-refractivity contribution is 0.102. The van der Waals surface area contributed by atoms with E-state index in [0.717, 1.165) is 39.1 Å². The Labute approximate surface area is 211 Å². The van der Waals surface area contributed by atoms with Gasteiger partial charge >= 0.3 is 0 Å². The van der Waals surface area contributed by atoms with Gasteiger partial charge in [0.1, 0.15) is 17.2 Å². The second-order valence-corrected chi connectivity index (χ2v) is 8.97. The molecule has 4 aromatic carbocycles. The minimum atomic E-state index is -0.293. The lowest BCUT2D eigenvalue weighted by atomic mass is 9.95. The van der Waals surface area contributed by atoms with Crippen molar-refractivity contribution in [3.8, 4) is 28.4 Å². The highest BCUT2D eigenvalue weighted by Crippen LogP contribution is 2.38. The van der Waals surface area contributed by atoms with Gasteiger partial charge in [-0.25, -0.2) is 0 Å². The van der Waals surface area contributed by atoms with E-state index in [0.29, 0.717) is 16.9 Å². The molecule has 0 spiro atoms. The highest BCUT2D eigenvalue weighted by Gasteiger charge is 2.15. The molecule has 0 atom stereocenters. The lowest BCUT2D eigenvalue weighted by Crippen LogP contribution is -2.12. The number of carbonyl (C=O) groups excluding carboxylic acids is 1. The summed E-state index contributed by atoms with van der Waals surface area (Å²) in [4.78, 5) is 12.6. The predicted molar refractivity (Wildman–Crippen MR) is 144 cm³/mol. The molecule has 0 saturated heterocycles. The summed E-state index contributed by atoms with van der Waals surface area (Å²) in [7, 11) is 0. The predicted octanol–water partition coefficient (Wildman–Crippen LogP) is 6.70. The Hall–Kier alpha value is -4.45. The fourth-order valence-corrected chi connectivity index (χ4v) is 4.10. The van der Waals surface area contributed by atoms with Crippen molar-refractivity contribution in [3.05, 3.63) is 101 Å². The maximum Gasteiger partial charge on any atom is 0.255 e. The number of phenolic OH excluding ortho intramolecular Hbond substituents is 2. The molecule has 6 heteroatoms. The van der Waals surface area contributed by atoms with Crippen LogP contribution in [0.5, 0.6) is 17.2 Å². The topological polar surface area (TPSA) is 90.8 Å². The third-order valence-electron chi connectivity index (χ3n) is 6.00. The number of aryl methyl sites for hydroxylation is 4. The summed E-state index contributed by atoms with van der Waals surface area (Å²) in [5, 5.41) is 27.2. The maximum atomic E-state index is 12.6. The van der Waals surface area contributed by atoms with Gasteiger partial charge in [-0.2, -0.15) is 0 Å². The van der Waals surface area contributed by atoms with E-state index < -0.39 is 0 Å². The monoisotopic (exact) mass is 482 g/mol. The first kappa shape index (κ1) is 24.7. The Kier molecular flexibility index (Phi) is 7.15. The summed E-state index contributed by atoms with van der Waals surface area (Å²) in [5.41, 5.74) is 6.78. The minimum absolute atomic E-state index is 0.0516. The van der Waals surface area contributed by atoms with Crippen LogP contribution in [0.25, 0.3) is 11.1 Å². The van der Waals surface area contributed by atoms with E-state index >= 15 is 0 Å². The van der Waals surface area contributed by atoms with Crippen LogP contribution >= 0.6 is 0 Å². The first-order valence-electron chi connectivity index (χ1n) is 11.7. The molecule has 0 saturated carbocycles. The number of phenols is 2. The van der Waals surface area contributed by atoms with Crippen LogP contribution in [0, 0.1) is 27.7 Å². The van der Waals surface area contributed by atoms with E-state index in [1.54, 1.807) is 30.3 Å². The zero-order valence-electron chi connectivity index (χ0n) is 20.8. The molecule has 6 nitrogen and oxygen atoms in total. The molecule has 4 rings (SSSR count). The molecule has 4 N–H and O–H groups in total. The van der Waals surface area contributed by atoms with Gasteiger partial charge in [0.25, 0.3) is 5.91 Å². The van der Waals surface area contributed by atoms with Gasteiger partial charge in [0.15, 0.2) is 6.73 Å². The number of hydrogen-bond donors (Lipinski definition) is 4. The third-order valence-corrected chi connectivity index (χ3v) is 6.00. The van der Waals surface area contributed by atoms with Crippen LogP contribution in [0.1, 0.15) is 32.6 Å². The molecule has 184 valence electrons. The Bertz CT molecular complexity index is 1430. The number of hydrogen-bond acceptors (Lipinski definition) is 5. The number of anilines is 2. The van der Waals surface area contributed by atoms with E-state index in [9.17, 15) is 15.0 Å². The van der Waals surface area contributed by atoms with E-state index in [1.165, 1.54) is 0 Å². The number of nitrogens with one attached hydrogen (secondary N) is 2. The third kappa shape index (κ3) is 5.61. The summed E-state index contributed by atoms with van der Waals surface area (Å²) in [6, 6.07) is 21.9. The highest BCUT2D eigenvalue weighted by molar-refractivity contribution is 6.05. The molecule has 0 fully saturated rings. The number of benzene rings is 4. The van der Waals surface area contributed by atoms with Crippen LogP contribution in [0.4, 0.5) is 11.4 Å².